The zero-order chi connectivity index (χ0) is 11.0. The van der Waals surface area contributed by atoms with Gasteiger partial charge in [0.05, 0.1) is 12.4 Å². The van der Waals surface area contributed by atoms with Crippen LogP contribution in [0.25, 0.3) is 16.3 Å². The average molecular weight is 231 g/mol. The summed E-state index contributed by atoms with van der Waals surface area (Å²) in [5.74, 6) is 0. The molecule has 0 amide bonds. The first-order valence-corrected chi connectivity index (χ1v) is 5.80. The molecule has 0 fully saturated rings. The maximum absolute atomic E-state index is 4.47. The van der Waals surface area contributed by atoms with Crippen LogP contribution >= 0.6 is 11.3 Å². The number of imidazole rings is 1. The summed E-state index contributed by atoms with van der Waals surface area (Å²) < 4.78 is 1.80. The summed E-state index contributed by atoms with van der Waals surface area (Å²) in [4.78, 5) is 13.6. The lowest BCUT2D eigenvalue weighted by atomic mass is 10.3. The number of aryl methyl sites for hydroxylation is 1. The van der Waals surface area contributed by atoms with E-state index in [1.807, 2.05) is 6.20 Å². The summed E-state index contributed by atoms with van der Waals surface area (Å²) in [5, 5.41) is 5.49. The van der Waals surface area contributed by atoms with Crippen LogP contribution in [0, 0.1) is 0 Å². The second-order valence-corrected chi connectivity index (χ2v) is 4.33. The predicted molar refractivity (Wildman–Crippen MR) is 61.3 cm³/mol. The lowest BCUT2D eigenvalue weighted by molar-refractivity contribution is 0.910. The summed E-state index contributed by atoms with van der Waals surface area (Å²) in [5.41, 5.74) is 1.59. The molecule has 6 heteroatoms. The van der Waals surface area contributed by atoms with Crippen LogP contribution in [0.5, 0.6) is 0 Å². The number of nitrogens with zero attached hydrogens (tertiary/aromatic N) is 5. The van der Waals surface area contributed by atoms with Gasteiger partial charge in [0.25, 0.3) is 0 Å². The molecule has 0 aromatic carbocycles. The van der Waals surface area contributed by atoms with Crippen LogP contribution < -0.4 is 0 Å². The summed E-state index contributed by atoms with van der Waals surface area (Å²) in [6.07, 6.45) is 7.83. The molecule has 0 unspecified atom stereocenters. The average Bonchev–Trinajstić information content (AvgIpc) is 2.87. The Morgan fingerprint density at radius 2 is 2.25 bits per heavy atom. The minimum Gasteiger partial charge on any atom is -0.261 e. The summed E-state index contributed by atoms with van der Waals surface area (Å²) >= 11 is 1.61. The van der Waals surface area contributed by atoms with E-state index in [2.05, 4.69) is 27.0 Å². The number of hydrogen-bond donors (Lipinski definition) is 0. The van der Waals surface area contributed by atoms with Crippen molar-refractivity contribution in [1.29, 1.82) is 0 Å². The fraction of sp³-hybridized carbons (Fsp3) is 0.200. The molecule has 3 aromatic heterocycles. The molecule has 5 nitrogen and oxygen atoms in total. The van der Waals surface area contributed by atoms with Gasteiger partial charge in [0.1, 0.15) is 16.4 Å². The number of hydrogen-bond acceptors (Lipinski definition) is 5. The molecule has 80 valence electrons. The molecule has 0 aliphatic rings. The Bertz CT molecular complexity index is 581. The number of aromatic nitrogens is 5. The van der Waals surface area contributed by atoms with Gasteiger partial charge in [0.2, 0.25) is 4.96 Å². The second kappa shape index (κ2) is 3.64. The van der Waals surface area contributed by atoms with Crippen molar-refractivity contribution >= 4 is 16.3 Å². The molecule has 3 aromatic rings. The topological polar surface area (TPSA) is 56.0 Å². The van der Waals surface area contributed by atoms with Crippen LogP contribution in [0.1, 0.15) is 11.9 Å². The van der Waals surface area contributed by atoms with Crippen LogP contribution in [0.2, 0.25) is 0 Å². The normalized spacial score (nSPS) is 11.1. The van der Waals surface area contributed by atoms with Crippen LogP contribution in [0.4, 0.5) is 0 Å². The van der Waals surface area contributed by atoms with E-state index in [0.717, 1.165) is 27.8 Å². The van der Waals surface area contributed by atoms with Crippen LogP contribution in [-0.2, 0) is 6.42 Å². The standard InChI is InChI=1S/C10H9N5S/c1-2-9-14-15-6-8(13-10(15)16-9)7-5-11-3-4-12-7/h3-6H,2H2,1H3. The Kier molecular flexibility index (Phi) is 2.14. The van der Waals surface area contributed by atoms with Crippen molar-refractivity contribution < 1.29 is 0 Å². The zero-order valence-corrected chi connectivity index (χ0v) is 9.48. The fourth-order valence-electron chi connectivity index (χ4n) is 1.44. The highest BCUT2D eigenvalue weighted by Gasteiger charge is 2.09. The molecule has 0 spiro atoms. The SMILES string of the molecule is CCc1nn2cc(-c3cnccn3)nc2s1. The molecule has 0 saturated carbocycles. The summed E-state index contributed by atoms with van der Waals surface area (Å²) in [6, 6.07) is 0. The van der Waals surface area contributed by atoms with Crippen molar-refractivity contribution in [2.24, 2.45) is 0 Å². The third-order valence-electron chi connectivity index (χ3n) is 2.21. The van der Waals surface area contributed by atoms with Crippen molar-refractivity contribution in [1.82, 2.24) is 24.6 Å². The van der Waals surface area contributed by atoms with Gasteiger partial charge >= 0.3 is 0 Å². The maximum atomic E-state index is 4.47. The maximum Gasteiger partial charge on any atom is 0.212 e. The minimum atomic E-state index is 0.776. The third-order valence-corrected chi connectivity index (χ3v) is 3.28. The molecule has 0 aliphatic heterocycles. The first-order chi connectivity index (χ1) is 7.86. The smallest absolute Gasteiger partial charge is 0.212 e. The molecule has 16 heavy (non-hydrogen) atoms. The Hall–Kier alpha value is -1.82. The summed E-state index contributed by atoms with van der Waals surface area (Å²) in [6.45, 7) is 2.09. The van der Waals surface area contributed by atoms with Crippen LogP contribution in [-0.4, -0.2) is 24.6 Å². The van der Waals surface area contributed by atoms with Gasteiger partial charge in [-0.2, -0.15) is 5.10 Å². The Labute approximate surface area is 95.8 Å². The molecule has 0 N–H and O–H groups in total. The van der Waals surface area contributed by atoms with E-state index >= 15 is 0 Å². The van der Waals surface area contributed by atoms with E-state index in [1.54, 1.807) is 34.4 Å². The molecule has 0 atom stereocenters. The lowest BCUT2D eigenvalue weighted by Gasteiger charge is -1.91. The highest BCUT2D eigenvalue weighted by molar-refractivity contribution is 7.16. The molecule has 0 radical (unpaired) electrons. The first kappa shape index (κ1) is 9.41. The Morgan fingerprint density at radius 3 is 2.94 bits per heavy atom. The van der Waals surface area contributed by atoms with Crippen molar-refractivity contribution in [3.8, 4) is 11.4 Å². The molecule has 0 aliphatic carbocycles. The van der Waals surface area contributed by atoms with Crippen LogP contribution in [0.15, 0.2) is 24.8 Å². The first-order valence-electron chi connectivity index (χ1n) is 4.98. The number of fused-ring (bicyclic) bond motifs is 1. The zero-order valence-electron chi connectivity index (χ0n) is 8.66. The predicted octanol–water partition coefficient (Wildman–Crippen LogP) is 1.81. The molecular weight excluding hydrogens is 222 g/mol. The van der Waals surface area contributed by atoms with E-state index in [-0.39, 0.29) is 0 Å². The van der Waals surface area contributed by atoms with E-state index in [0.29, 0.717) is 0 Å². The van der Waals surface area contributed by atoms with E-state index < -0.39 is 0 Å². The number of rotatable bonds is 2. The Morgan fingerprint density at radius 1 is 1.31 bits per heavy atom. The molecule has 0 saturated heterocycles. The quantitative estimate of drug-likeness (QED) is 0.675. The monoisotopic (exact) mass is 231 g/mol. The molecular formula is C10H9N5S. The Balaban J connectivity index is 2.10. The van der Waals surface area contributed by atoms with E-state index in [1.165, 1.54) is 0 Å². The molecule has 3 rings (SSSR count). The minimum absolute atomic E-state index is 0.776. The van der Waals surface area contributed by atoms with Gasteiger partial charge in [-0.25, -0.2) is 9.50 Å². The van der Waals surface area contributed by atoms with Gasteiger partial charge in [-0.1, -0.05) is 18.3 Å². The van der Waals surface area contributed by atoms with Crippen molar-refractivity contribution in [2.75, 3.05) is 0 Å². The fourth-order valence-corrected chi connectivity index (χ4v) is 2.25. The van der Waals surface area contributed by atoms with Gasteiger partial charge in [-0.3, -0.25) is 9.97 Å². The van der Waals surface area contributed by atoms with Crippen LogP contribution in [0.3, 0.4) is 0 Å². The van der Waals surface area contributed by atoms with Crippen molar-refractivity contribution in [3.05, 3.63) is 29.8 Å². The van der Waals surface area contributed by atoms with E-state index in [9.17, 15) is 0 Å². The summed E-state index contributed by atoms with van der Waals surface area (Å²) in [7, 11) is 0. The molecule has 0 bridgehead atoms. The van der Waals surface area contributed by atoms with Crippen molar-refractivity contribution in [2.45, 2.75) is 13.3 Å². The largest absolute Gasteiger partial charge is 0.261 e. The highest BCUT2D eigenvalue weighted by atomic mass is 32.1. The van der Waals surface area contributed by atoms with Gasteiger partial charge in [-0.15, -0.1) is 0 Å². The van der Waals surface area contributed by atoms with Crippen molar-refractivity contribution in [3.63, 3.8) is 0 Å². The lowest BCUT2D eigenvalue weighted by Crippen LogP contribution is -1.85. The van der Waals surface area contributed by atoms with Gasteiger partial charge in [0.15, 0.2) is 0 Å². The van der Waals surface area contributed by atoms with E-state index in [4.69, 9.17) is 0 Å². The van der Waals surface area contributed by atoms with Gasteiger partial charge < -0.3 is 0 Å². The van der Waals surface area contributed by atoms with Gasteiger partial charge in [-0.05, 0) is 6.42 Å². The third kappa shape index (κ3) is 1.47. The second-order valence-electron chi connectivity index (χ2n) is 3.29. The van der Waals surface area contributed by atoms with Gasteiger partial charge in [0, 0.05) is 12.4 Å². The molecule has 3 heterocycles. The highest BCUT2D eigenvalue weighted by Crippen LogP contribution is 2.20.